The van der Waals surface area contributed by atoms with Gasteiger partial charge in [0.25, 0.3) is 5.91 Å². The molecule has 0 aliphatic heterocycles. The van der Waals surface area contributed by atoms with E-state index in [0.29, 0.717) is 18.5 Å². The van der Waals surface area contributed by atoms with Gasteiger partial charge in [0.05, 0.1) is 6.26 Å². The molecule has 0 heterocycles. The summed E-state index contributed by atoms with van der Waals surface area (Å²) in [7, 11) is -3.32. The number of hydrogen-bond acceptors (Lipinski definition) is 3. The van der Waals surface area contributed by atoms with Crippen LogP contribution in [-0.2, 0) is 16.4 Å². The number of amides is 1. The van der Waals surface area contributed by atoms with Crippen molar-refractivity contribution >= 4 is 15.9 Å². The highest BCUT2D eigenvalue weighted by molar-refractivity contribution is 7.88. The molecule has 6 heteroatoms. The molecule has 2 rings (SSSR count). The molecule has 0 aliphatic carbocycles. The molecule has 0 bridgehead atoms. The van der Waals surface area contributed by atoms with Crippen molar-refractivity contribution in [3.05, 3.63) is 71.3 Å². The van der Waals surface area contributed by atoms with E-state index in [4.69, 9.17) is 0 Å². The summed E-state index contributed by atoms with van der Waals surface area (Å²) >= 11 is 0. The zero-order valence-corrected chi connectivity index (χ0v) is 15.4. The molecule has 1 N–H and O–H groups in total. The molecule has 0 radical (unpaired) electrons. The fraction of sp³-hybridized carbons (Fsp3) is 0.316. The standard InChI is InChI=1S/C19H24N2O3S/c1-16-8-6-7-11-18(16)19(22)20-13-15-21(25(2,23)24)14-12-17-9-4-3-5-10-17/h3-11H,12-15H2,1-2H3,(H,20,22). The Bertz CT molecular complexity index is 804. The Hall–Kier alpha value is -2.18. The predicted molar refractivity (Wildman–Crippen MR) is 100 cm³/mol. The zero-order valence-electron chi connectivity index (χ0n) is 14.6. The Morgan fingerprint density at radius 1 is 1.00 bits per heavy atom. The van der Waals surface area contributed by atoms with Crippen LogP contribution in [0.5, 0.6) is 0 Å². The first kappa shape index (κ1) is 19.1. The largest absolute Gasteiger partial charge is 0.351 e. The van der Waals surface area contributed by atoms with E-state index in [-0.39, 0.29) is 19.0 Å². The van der Waals surface area contributed by atoms with Crippen molar-refractivity contribution in [3.63, 3.8) is 0 Å². The summed E-state index contributed by atoms with van der Waals surface area (Å²) in [6, 6.07) is 17.1. The molecular weight excluding hydrogens is 336 g/mol. The van der Waals surface area contributed by atoms with Crippen molar-refractivity contribution < 1.29 is 13.2 Å². The Kier molecular flexibility index (Phi) is 6.73. The number of aryl methyl sites for hydroxylation is 1. The molecule has 2 aromatic carbocycles. The second kappa shape index (κ2) is 8.78. The summed E-state index contributed by atoms with van der Waals surface area (Å²) < 4.78 is 25.3. The van der Waals surface area contributed by atoms with Gasteiger partial charge < -0.3 is 5.32 Å². The number of carbonyl (C=O) groups is 1. The van der Waals surface area contributed by atoms with E-state index in [2.05, 4.69) is 5.32 Å². The third-order valence-electron chi connectivity index (χ3n) is 4.00. The minimum absolute atomic E-state index is 0.186. The summed E-state index contributed by atoms with van der Waals surface area (Å²) in [5.74, 6) is -0.186. The van der Waals surface area contributed by atoms with Crippen molar-refractivity contribution in [2.24, 2.45) is 0 Å². The highest BCUT2D eigenvalue weighted by Crippen LogP contribution is 2.07. The molecule has 2 aromatic rings. The number of sulfonamides is 1. The van der Waals surface area contributed by atoms with Crippen LogP contribution in [0.4, 0.5) is 0 Å². The van der Waals surface area contributed by atoms with Gasteiger partial charge in [-0.15, -0.1) is 0 Å². The first-order valence-electron chi connectivity index (χ1n) is 8.21. The lowest BCUT2D eigenvalue weighted by Gasteiger charge is -2.20. The van der Waals surface area contributed by atoms with E-state index in [1.165, 1.54) is 10.6 Å². The number of nitrogens with one attached hydrogen (secondary N) is 1. The highest BCUT2D eigenvalue weighted by atomic mass is 32.2. The maximum atomic E-state index is 12.2. The Labute approximate surface area is 149 Å². The van der Waals surface area contributed by atoms with Crippen molar-refractivity contribution in [3.8, 4) is 0 Å². The smallest absolute Gasteiger partial charge is 0.251 e. The van der Waals surface area contributed by atoms with Gasteiger partial charge in [-0.25, -0.2) is 12.7 Å². The van der Waals surface area contributed by atoms with Crippen LogP contribution in [0.15, 0.2) is 54.6 Å². The number of nitrogens with zero attached hydrogens (tertiary/aromatic N) is 1. The second-order valence-electron chi connectivity index (χ2n) is 5.97. The van der Waals surface area contributed by atoms with Crippen molar-refractivity contribution in [2.45, 2.75) is 13.3 Å². The van der Waals surface area contributed by atoms with Gasteiger partial charge in [0, 0.05) is 25.2 Å². The number of benzene rings is 2. The molecule has 0 saturated carbocycles. The van der Waals surface area contributed by atoms with Gasteiger partial charge in [-0.2, -0.15) is 0 Å². The fourth-order valence-electron chi connectivity index (χ4n) is 2.56. The number of carbonyl (C=O) groups excluding carboxylic acids is 1. The topological polar surface area (TPSA) is 66.5 Å². The average molecular weight is 360 g/mol. The van der Waals surface area contributed by atoms with Gasteiger partial charge in [-0.05, 0) is 30.5 Å². The van der Waals surface area contributed by atoms with Crippen LogP contribution in [0, 0.1) is 6.92 Å². The third-order valence-corrected chi connectivity index (χ3v) is 5.30. The Balaban J connectivity index is 1.90. The van der Waals surface area contributed by atoms with E-state index in [9.17, 15) is 13.2 Å². The van der Waals surface area contributed by atoms with Gasteiger partial charge in [-0.1, -0.05) is 48.5 Å². The van der Waals surface area contributed by atoms with Gasteiger partial charge in [0.2, 0.25) is 10.0 Å². The molecule has 25 heavy (non-hydrogen) atoms. The summed E-state index contributed by atoms with van der Waals surface area (Å²) in [5, 5.41) is 2.80. The van der Waals surface area contributed by atoms with Crippen molar-refractivity contribution in [2.75, 3.05) is 25.9 Å². The molecule has 0 spiro atoms. The molecule has 0 atom stereocenters. The molecular formula is C19H24N2O3S. The first-order chi connectivity index (χ1) is 11.9. The van der Waals surface area contributed by atoms with Crippen molar-refractivity contribution in [1.29, 1.82) is 0 Å². The molecule has 0 unspecified atom stereocenters. The van der Waals surface area contributed by atoms with Crippen LogP contribution in [-0.4, -0.2) is 44.5 Å². The minimum Gasteiger partial charge on any atom is -0.351 e. The third kappa shape index (κ3) is 5.99. The molecule has 1 amide bonds. The van der Waals surface area contributed by atoms with E-state index in [1.807, 2.05) is 55.5 Å². The lowest BCUT2D eigenvalue weighted by atomic mass is 10.1. The lowest BCUT2D eigenvalue weighted by Crippen LogP contribution is -2.39. The average Bonchev–Trinajstić information content (AvgIpc) is 2.58. The Morgan fingerprint density at radius 2 is 1.64 bits per heavy atom. The SMILES string of the molecule is Cc1ccccc1C(=O)NCCN(CCc1ccccc1)S(C)(=O)=O. The first-order valence-corrected chi connectivity index (χ1v) is 10.1. The molecule has 5 nitrogen and oxygen atoms in total. The van der Waals surface area contributed by atoms with E-state index < -0.39 is 10.0 Å². The monoisotopic (exact) mass is 360 g/mol. The van der Waals surface area contributed by atoms with Crippen LogP contribution in [0.25, 0.3) is 0 Å². The van der Waals surface area contributed by atoms with E-state index in [0.717, 1.165) is 11.1 Å². The van der Waals surface area contributed by atoms with Crippen LogP contribution in [0.2, 0.25) is 0 Å². The summed E-state index contributed by atoms with van der Waals surface area (Å²) in [6.07, 6.45) is 1.83. The van der Waals surface area contributed by atoms with Gasteiger partial charge in [-0.3, -0.25) is 4.79 Å². The summed E-state index contributed by atoms with van der Waals surface area (Å²) in [4.78, 5) is 12.2. The van der Waals surface area contributed by atoms with E-state index >= 15 is 0 Å². The molecule has 0 aliphatic rings. The van der Waals surface area contributed by atoms with Crippen LogP contribution in [0.1, 0.15) is 21.5 Å². The Morgan fingerprint density at radius 3 is 2.28 bits per heavy atom. The molecule has 0 saturated heterocycles. The molecule has 0 aromatic heterocycles. The zero-order chi connectivity index (χ0) is 18.3. The van der Waals surface area contributed by atoms with E-state index in [1.54, 1.807) is 6.07 Å². The fourth-order valence-corrected chi connectivity index (χ4v) is 3.40. The predicted octanol–water partition coefficient (Wildman–Crippen LogP) is 2.23. The van der Waals surface area contributed by atoms with Crippen LogP contribution in [0.3, 0.4) is 0 Å². The summed E-state index contributed by atoms with van der Waals surface area (Å²) in [6.45, 7) is 2.79. The van der Waals surface area contributed by atoms with Gasteiger partial charge in [0.15, 0.2) is 0 Å². The molecule has 0 fully saturated rings. The maximum Gasteiger partial charge on any atom is 0.251 e. The second-order valence-corrected chi connectivity index (χ2v) is 7.95. The normalized spacial score (nSPS) is 11.5. The number of hydrogen-bond donors (Lipinski definition) is 1. The van der Waals surface area contributed by atoms with Crippen LogP contribution >= 0.6 is 0 Å². The summed E-state index contributed by atoms with van der Waals surface area (Å²) in [5.41, 5.74) is 2.59. The van der Waals surface area contributed by atoms with Gasteiger partial charge in [0.1, 0.15) is 0 Å². The minimum atomic E-state index is -3.32. The maximum absolute atomic E-state index is 12.2. The van der Waals surface area contributed by atoms with Crippen LogP contribution < -0.4 is 5.32 Å². The number of rotatable bonds is 8. The van der Waals surface area contributed by atoms with Crippen molar-refractivity contribution in [1.82, 2.24) is 9.62 Å². The highest BCUT2D eigenvalue weighted by Gasteiger charge is 2.17. The quantitative estimate of drug-likeness (QED) is 0.785. The van der Waals surface area contributed by atoms with Gasteiger partial charge >= 0.3 is 0 Å². The molecule has 134 valence electrons. The lowest BCUT2D eigenvalue weighted by molar-refractivity contribution is 0.0951.